The van der Waals surface area contributed by atoms with Crippen molar-refractivity contribution in [3.63, 3.8) is 0 Å². The second-order valence-electron chi connectivity index (χ2n) is 1.86. The first-order valence-electron chi connectivity index (χ1n) is 2.84. The molecule has 0 spiro atoms. The van der Waals surface area contributed by atoms with E-state index in [-0.39, 0.29) is 52.8 Å². The van der Waals surface area contributed by atoms with E-state index in [0.29, 0.717) is 5.05 Å². The van der Waals surface area contributed by atoms with Crippen LogP contribution in [0.4, 0.5) is 0 Å². The molecular formula is C5H13KO3SSi. The molecule has 0 aliphatic rings. The summed E-state index contributed by atoms with van der Waals surface area (Å²) in [6.45, 7) is 3.47. The summed E-state index contributed by atoms with van der Waals surface area (Å²) in [4.78, 5) is 0. The first-order chi connectivity index (χ1) is 4.54. The van der Waals surface area contributed by atoms with Crippen molar-refractivity contribution in [2.75, 3.05) is 14.2 Å². The molecule has 0 aromatic rings. The smallest absolute Gasteiger partial charge is 1.00 e. The molecule has 0 unspecified atom stereocenters. The SMILES string of the molecule is CO[Si](C)(OC)OC(C)=S.[H-].[K+]. The van der Waals surface area contributed by atoms with Crippen LogP contribution in [-0.2, 0) is 13.3 Å². The van der Waals surface area contributed by atoms with Gasteiger partial charge in [0.25, 0.3) is 0 Å². The molecule has 6 heteroatoms. The van der Waals surface area contributed by atoms with E-state index in [2.05, 4.69) is 0 Å². The van der Waals surface area contributed by atoms with E-state index in [9.17, 15) is 0 Å². The minimum atomic E-state index is -2.40. The second kappa shape index (κ2) is 7.10. The fourth-order valence-electron chi connectivity index (χ4n) is 0.428. The van der Waals surface area contributed by atoms with Crippen LogP contribution in [0.15, 0.2) is 0 Å². The van der Waals surface area contributed by atoms with E-state index < -0.39 is 8.80 Å². The first kappa shape index (κ1) is 15.1. The fraction of sp³-hybridized carbons (Fsp3) is 0.800. The van der Waals surface area contributed by atoms with Gasteiger partial charge >= 0.3 is 60.2 Å². The van der Waals surface area contributed by atoms with E-state index in [0.717, 1.165) is 0 Å². The van der Waals surface area contributed by atoms with Gasteiger partial charge in [-0.15, -0.1) is 0 Å². The van der Waals surface area contributed by atoms with Crippen LogP contribution in [-0.4, -0.2) is 28.1 Å². The largest absolute Gasteiger partial charge is 1.00 e. The van der Waals surface area contributed by atoms with Crippen molar-refractivity contribution in [3.05, 3.63) is 0 Å². The van der Waals surface area contributed by atoms with E-state index in [1.807, 2.05) is 0 Å². The molecule has 3 nitrogen and oxygen atoms in total. The van der Waals surface area contributed by atoms with Crippen LogP contribution >= 0.6 is 12.2 Å². The van der Waals surface area contributed by atoms with Crippen molar-refractivity contribution in [1.29, 1.82) is 0 Å². The molecular weight excluding hydrogens is 207 g/mol. The van der Waals surface area contributed by atoms with E-state index in [4.69, 9.17) is 25.5 Å². The minimum absolute atomic E-state index is 0. The maximum Gasteiger partial charge on any atom is 1.00 e. The molecule has 0 saturated carbocycles. The molecule has 0 N–H and O–H groups in total. The fourth-order valence-corrected chi connectivity index (χ4v) is 1.74. The Hall–Kier alpha value is 1.66. The zero-order chi connectivity index (χ0) is 8.20. The van der Waals surface area contributed by atoms with Crippen LogP contribution in [0.1, 0.15) is 8.35 Å². The molecule has 11 heavy (non-hydrogen) atoms. The quantitative estimate of drug-likeness (QED) is 0.420. The molecule has 62 valence electrons. The monoisotopic (exact) mass is 220 g/mol. The van der Waals surface area contributed by atoms with Crippen LogP contribution in [0.25, 0.3) is 0 Å². The molecule has 0 rings (SSSR count). The van der Waals surface area contributed by atoms with Gasteiger partial charge in [-0.05, 0) is 12.2 Å². The Balaban J connectivity index is -0.000000405. The summed E-state index contributed by atoms with van der Waals surface area (Å²) in [6.07, 6.45) is 0. The number of thiocarbonyl (C=S) groups is 1. The first-order valence-corrected chi connectivity index (χ1v) is 5.47. The Morgan fingerprint density at radius 1 is 1.36 bits per heavy atom. The Morgan fingerprint density at radius 2 is 1.73 bits per heavy atom. The summed E-state index contributed by atoms with van der Waals surface area (Å²) in [5.74, 6) is 0. The Bertz CT molecular complexity index is 134. The van der Waals surface area contributed by atoms with Gasteiger partial charge in [0.05, 0.1) is 0 Å². The predicted octanol–water partition coefficient (Wildman–Crippen LogP) is -1.67. The molecule has 0 radical (unpaired) electrons. The number of hydrogen-bond acceptors (Lipinski definition) is 4. The van der Waals surface area contributed by atoms with Gasteiger partial charge in [0.1, 0.15) is 5.05 Å². The van der Waals surface area contributed by atoms with Crippen molar-refractivity contribution in [1.82, 2.24) is 0 Å². The van der Waals surface area contributed by atoms with Gasteiger partial charge in [-0.1, -0.05) is 0 Å². The third kappa shape index (κ3) is 6.79. The third-order valence-electron chi connectivity index (χ3n) is 1.07. The summed E-state index contributed by atoms with van der Waals surface area (Å²) in [5, 5.41) is 0.456. The van der Waals surface area contributed by atoms with Crippen LogP contribution in [0.2, 0.25) is 6.55 Å². The van der Waals surface area contributed by atoms with Gasteiger partial charge in [0.2, 0.25) is 0 Å². The van der Waals surface area contributed by atoms with Crippen LogP contribution in [0.5, 0.6) is 0 Å². The normalized spacial score (nSPS) is 10.2. The summed E-state index contributed by atoms with van der Waals surface area (Å²) in [7, 11) is 0.698. The zero-order valence-electron chi connectivity index (χ0n) is 8.63. The van der Waals surface area contributed by atoms with Crippen molar-refractivity contribution in [3.8, 4) is 0 Å². The van der Waals surface area contributed by atoms with Crippen LogP contribution < -0.4 is 51.4 Å². The maximum atomic E-state index is 5.16. The molecule has 0 saturated heterocycles. The van der Waals surface area contributed by atoms with E-state index in [1.54, 1.807) is 27.7 Å². The van der Waals surface area contributed by atoms with Gasteiger partial charge in [-0.3, -0.25) is 0 Å². The molecule has 0 aromatic carbocycles. The van der Waals surface area contributed by atoms with Crippen molar-refractivity contribution >= 4 is 26.1 Å². The zero-order valence-corrected chi connectivity index (χ0v) is 12.6. The molecule has 0 aliphatic carbocycles. The van der Waals surface area contributed by atoms with Crippen molar-refractivity contribution < 1.29 is 66.1 Å². The molecule has 0 aliphatic heterocycles. The van der Waals surface area contributed by atoms with Crippen molar-refractivity contribution in [2.45, 2.75) is 13.5 Å². The number of rotatable bonds is 3. The molecule has 0 heterocycles. The maximum absolute atomic E-state index is 5.16. The molecule has 0 amide bonds. The average Bonchev–Trinajstić information content (AvgIpc) is 1.87. The van der Waals surface area contributed by atoms with Crippen molar-refractivity contribution in [2.24, 2.45) is 0 Å². The Morgan fingerprint density at radius 3 is 1.82 bits per heavy atom. The van der Waals surface area contributed by atoms with Gasteiger partial charge in [0.15, 0.2) is 0 Å². The summed E-state index contributed by atoms with van der Waals surface area (Å²) in [5.41, 5.74) is 0. The Kier molecular flexibility index (Phi) is 9.78. The molecule has 0 fully saturated rings. The van der Waals surface area contributed by atoms with Crippen LogP contribution in [0.3, 0.4) is 0 Å². The van der Waals surface area contributed by atoms with Gasteiger partial charge in [-0.25, -0.2) is 0 Å². The minimum Gasteiger partial charge on any atom is -1.00 e. The summed E-state index contributed by atoms with van der Waals surface area (Å²) >= 11 is 4.73. The molecule has 0 aromatic heterocycles. The van der Waals surface area contributed by atoms with Crippen LogP contribution in [0, 0.1) is 0 Å². The summed E-state index contributed by atoms with van der Waals surface area (Å²) in [6, 6.07) is 0. The van der Waals surface area contributed by atoms with E-state index in [1.165, 1.54) is 0 Å². The van der Waals surface area contributed by atoms with Gasteiger partial charge in [0, 0.05) is 27.7 Å². The Labute approximate surface area is 118 Å². The topological polar surface area (TPSA) is 27.7 Å². The number of hydrogen-bond donors (Lipinski definition) is 0. The molecule has 0 atom stereocenters. The van der Waals surface area contributed by atoms with Gasteiger partial charge in [-0.2, -0.15) is 0 Å². The van der Waals surface area contributed by atoms with E-state index >= 15 is 0 Å². The average molecular weight is 220 g/mol. The summed E-state index contributed by atoms with van der Waals surface area (Å²) < 4.78 is 15.2. The van der Waals surface area contributed by atoms with Gasteiger partial charge < -0.3 is 14.7 Å². The second-order valence-corrected chi connectivity index (χ2v) is 5.18. The molecule has 0 bridgehead atoms. The third-order valence-corrected chi connectivity index (χ3v) is 3.46. The standard InChI is InChI=1S/C5H12O3SSi.K.H/c1-5(9)8-10(4,6-2)7-3;;/h1-4H3;;/q;+1;-1. The predicted molar refractivity (Wildman–Crippen MR) is 46.1 cm³/mol.